The van der Waals surface area contributed by atoms with E-state index >= 15 is 13.2 Å². The molecule has 0 heterocycles. The van der Waals surface area contributed by atoms with Crippen molar-refractivity contribution < 1.29 is 138 Å². The third-order valence-corrected chi connectivity index (χ3v) is 13.4. The molecule has 0 fully saturated rings. The zero-order valence-electron chi connectivity index (χ0n) is 48.0. The van der Waals surface area contributed by atoms with Gasteiger partial charge < -0.3 is 28.2 Å². The number of halogens is 24. The minimum absolute atomic E-state index is 0.00259. The second kappa shape index (κ2) is 30.5. The van der Waals surface area contributed by atoms with Crippen LogP contribution < -0.4 is 14.0 Å². The van der Waals surface area contributed by atoms with Gasteiger partial charge in [0.15, 0.2) is 12.5 Å². The molecule has 4 aromatic carbocycles. The number of benzene rings is 4. The molecule has 0 saturated carbocycles. The number of ether oxygens (including phenoxy) is 3. The molecule has 4 rings (SSSR count). The molecule has 3 unspecified atom stereocenters. The van der Waals surface area contributed by atoms with Crippen LogP contribution >= 0.6 is 0 Å². The van der Waals surface area contributed by atoms with Gasteiger partial charge in [-0.2, -0.15) is 124 Å². The van der Waals surface area contributed by atoms with Gasteiger partial charge >= 0.3 is 56.7 Å². The SMILES string of the molecule is CCCCCCCCC[N+](C(C)OCCC)(C(C)OCCC)C(C)(OCCC)c1c(OB(Oc2cc(C(F)(F)F)cc(C(F)(F)F)c2)Oc2cc(C(F)(F)F)cc(C(F)(F)F)c2)cc(C(F)(F)F)cc1C(F)(F)F.FC(F)(F)c1c[c-]cc(C(F)(F)F)c1. The smallest absolute Gasteiger partial charge is 0.490 e. The van der Waals surface area contributed by atoms with Crippen molar-refractivity contribution in [3.8, 4) is 17.2 Å². The van der Waals surface area contributed by atoms with Crippen LogP contribution in [-0.2, 0) is 69.3 Å². The second-order valence-electron chi connectivity index (χ2n) is 20.1. The molecule has 0 saturated heterocycles. The number of rotatable bonds is 27. The first-order valence-corrected chi connectivity index (χ1v) is 27.0. The quantitative estimate of drug-likeness (QED) is 0.0148. The molecule has 0 bridgehead atoms. The lowest BCUT2D eigenvalue weighted by Gasteiger charge is -2.56. The molecule has 0 amide bonds. The van der Waals surface area contributed by atoms with Crippen LogP contribution in [0.3, 0.4) is 0 Å². The van der Waals surface area contributed by atoms with Crippen molar-refractivity contribution in [2.75, 3.05) is 26.4 Å². The van der Waals surface area contributed by atoms with Crippen LogP contribution in [0, 0.1) is 6.07 Å². The van der Waals surface area contributed by atoms with E-state index in [1.807, 2.05) is 6.92 Å². The van der Waals surface area contributed by atoms with Crippen molar-refractivity contribution >= 4 is 7.32 Å². The molecule has 88 heavy (non-hydrogen) atoms. The molecular weight excluding hydrogens is 1250 g/mol. The zero-order chi connectivity index (χ0) is 67.3. The van der Waals surface area contributed by atoms with Gasteiger partial charge in [0.25, 0.3) is 0 Å². The molecule has 32 heteroatoms. The summed E-state index contributed by atoms with van der Waals surface area (Å²) in [4.78, 5) is 0. The van der Waals surface area contributed by atoms with E-state index < -0.39 is 165 Å². The number of nitrogens with zero attached hydrogens (tertiary/aromatic N) is 1. The minimum Gasteiger partial charge on any atom is -0.490 e. The fourth-order valence-electron chi connectivity index (χ4n) is 9.20. The lowest BCUT2D eigenvalue weighted by Crippen LogP contribution is -2.72. The first-order valence-electron chi connectivity index (χ1n) is 27.0. The molecule has 0 radical (unpaired) electrons. The van der Waals surface area contributed by atoms with E-state index in [1.165, 1.54) is 20.8 Å². The Morgan fingerprint density at radius 2 is 0.739 bits per heavy atom. The van der Waals surface area contributed by atoms with Gasteiger partial charge in [-0.05, 0) is 80.6 Å². The van der Waals surface area contributed by atoms with Crippen molar-refractivity contribution in [3.05, 3.63) is 123 Å². The van der Waals surface area contributed by atoms with Crippen LogP contribution in [0.15, 0.2) is 66.7 Å². The second-order valence-corrected chi connectivity index (χ2v) is 20.1. The largest absolute Gasteiger partial charge is 0.864 e. The number of hydrogen-bond acceptors (Lipinski definition) is 6. The average Bonchev–Trinajstić information content (AvgIpc) is 0.763. The van der Waals surface area contributed by atoms with Gasteiger partial charge in [0.2, 0.25) is 5.72 Å². The predicted molar refractivity (Wildman–Crippen MR) is 270 cm³/mol. The Morgan fingerprint density at radius 1 is 0.398 bits per heavy atom. The van der Waals surface area contributed by atoms with Gasteiger partial charge in [-0.15, -0.1) is 6.07 Å². The molecular formula is C56H62BF24NO6. The molecule has 4 aromatic rings. The fourth-order valence-corrected chi connectivity index (χ4v) is 9.20. The van der Waals surface area contributed by atoms with Crippen molar-refractivity contribution in [1.82, 2.24) is 0 Å². The monoisotopic (exact) mass is 1310 g/mol. The summed E-state index contributed by atoms with van der Waals surface area (Å²) < 4.78 is 368. The van der Waals surface area contributed by atoms with Crippen molar-refractivity contribution in [2.24, 2.45) is 0 Å². The van der Waals surface area contributed by atoms with Gasteiger partial charge in [0, 0.05) is 20.8 Å². The van der Waals surface area contributed by atoms with Crippen LogP contribution in [0.2, 0.25) is 0 Å². The minimum atomic E-state index is -5.86. The third-order valence-electron chi connectivity index (χ3n) is 13.4. The van der Waals surface area contributed by atoms with E-state index in [9.17, 15) is 92.2 Å². The van der Waals surface area contributed by atoms with E-state index in [1.54, 1.807) is 19.9 Å². The van der Waals surface area contributed by atoms with Crippen LogP contribution in [0.4, 0.5) is 105 Å². The van der Waals surface area contributed by atoms with Crippen molar-refractivity contribution in [3.63, 3.8) is 0 Å². The Kier molecular flexibility index (Phi) is 26.6. The molecule has 7 nitrogen and oxygen atoms in total. The van der Waals surface area contributed by atoms with Crippen molar-refractivity contribution in [2.45, 2.75) is 180 Å². The van der Waals surface area contributed by atoms with Gasteiger partial charge in [-0.3, -0.25) is 0 Å². The maximum absolute atomic E-state index is 15.9. The first kappa shape index (κ1) is 76.8. The summed E-state index contributed by atoms with van der Waals surface area (Å²) in [5.41, 5.74) is -19.7. The van der Waals surface area contributed by atoms with Crippen molar-refractivity contribution in [1.29, 1.82) is 0 Å². The predicted octanol–water partition coefficient (Wildman–Crippen LogP) is 20.6. The summed E-state index contributed by atoms with van der Waals surface area (Å²) in [6.45, 7) is 9.92. The lowest BCUT2D eigenvalue weighted by atomic mass is 9.89. The maximum atomic E-state index is 15.9. The third kappa shape index (κ3) is 21.3. The summed E-state index contributed by atoms with van der Waals surface area (Å²) in [6, 6.07) is 0.847. The summed E-state index contributed by atoms with van der Waals surface area (Å²) in [7, 11) is -3.42. The molecule has 0 N–H and O–H groups in total. The highest BCUT2D eigenvalue weighted by molar-refractivity contribution is 6.39. The number of unbranched alkanes of at least 4 members (excludes halogenated alkanes) is 6. The van der Waals surface area contributed by atoms with Crippen LogP contribution in [0.1, 0.15) is 163 Å². The average molecular weight is 1310 g/mol. The molecule has 0 aliphatic heterocycles. The molecule has 0 aromatic heterocycles. The van der Waals surface area contributed by atoms with Crippen LogP contribution in [-0.4, -0.2) is 50.6 Å². The molecule has 0 aliphatic rings. The topological polar surface area (TPSA) is 55.4 Å². The summed E-state index contributed by atoms with van der Waals surface area (Å²) in [5, 5.41) is 0. The summed E-state index contributed by atoms with van der Waals surface area (Å²) >= 11 is 0. The molecule has 0 spiro atoms. The van der Waals surface area contributed by atoms with Gasteiger partial charge in [-0.1, -0.05) is 70.9 Å². The fraction of sp³-hybridized carbons (Fsp3) is 0.571. The Bertz CT molecular complexity index is 2620. The Morgan fingerprint density at radius 3 is 1.08 bits per heavy atom. The number of hydrogen-bond donors (Lipinski definition) is 0. The Hall–Kier alpha value is -5.50. The number of quaternary nitrogens is 1. The lowest BCUT2D eigenvalue weighted by molar-refractivity contribution is -1.07. The summed E-state index contributed by atoms with van der Waals surface area (Å²) in [5.74, 6) is -4.93. The molecule has 498 valence electrons. The summed E-state index contributed by atoms with van der Waals surface area (Å²) in [6.07, 6.45) is -41.2. The van der Waals surface area contributed by atoms with E-state index in [-0.39, 0.29) is 75.1 Å². The van der Waals surface area contributed by atoms with E-state index in [4.69, 9.17) is 28.2 Å². The zero-order valence-corrected chi connectivity index (χ0v) is 48.0. The number of alkyl halides is 24. The first-order chi connectivity index (χ1) is 40.2. The van der Waals surface area contributed by atoms with E-state index in [0.29, 0.717) is 37.8 Å². The highest BCUT2D eigenvalue weighted by Crippen LogP contribution is 2.53. The highest BCUT2D eigenvalue weighted by Gasteiger charge is 2.62. The van der Waals surface area contributed by atoms with E-state index in [2.05, 4.69) is 0 Å². The normalized spacial score (nSPS) is 15.2. The molecule has 0 aliphatic carbocycles. The molecule has 3 atom stereocenters. The van der Waals surface area contributed by atoms with Crippen LogP contribution in [0.25, 0.3) is 0 Å². The van der Waals surface area contributed by atoms with E-state index in [0.717, 1.165) is 32.6 Å². The van der Waals surface area contributed by atoms with Crippen LogP contribution in [0.5, 0.6) is 17.2 Å². The Labute approximate surface area is 491 Å². The standard InChI is InChI=1S/C48H59BF18NO6.C8H3F6/c1-8-12-13-14-15-16-17-18-68(30(5)69-19-9-2,31(6)70-20-10-3)42(7,71-21-11-4)41-39(48(65,66)67)28-36(47(62,63)64)29-40(41)74-49(72-37-24-32(43(50,51)52)22-33(25-37)44(53,54)55)73-38-26-34(45(56,57)58)23-35(27-38)46(59,60)61;9-7(10,11)5-2-1-3-6(4-5)8(12,13)14/h22-31H,8-21H2,1-7H3;2-4H/q+1;-1. The van der Waals surface area contributed by atoms with Gasteiger partial charge in [0.1, 0.15) is 17.2 Å². The maximum Gasteiger partial charge on any atom is 0.864 e. The van der Waals surface area contributed by atoms with Gasteiger partial charge in [0.05, 0.1) is 65.3 Å². The Balaban J connectivity index is 0.00000126. The highest BCUT2D eigenvalue weighted by atomic mass is 19.4. The van der Waals surface area contributed by atoms with Gasteiger partial charge in [-0.25, -0.2) is 4.48 Å².